The number of hydrogen-bond donors (Lipinski definition) is 4. The number of rotatable bonds is 6. The molecule has 5 N–H and O–H groups in total. The molecule has 0 saturated carbocycles. The molecule has 8 heteroatoms. The van der Waals surface area contributed by atoms with E-state index in [1.807, 2.05) is 0 Å². The maximum absolute atomic E-state index is 12.5. The number of aliphatic hydroxyl groups excluding tert-OH is 1. The Morgan fingerprint density at radius 2 is 2.00 bits per heavy atom. The van der Waals surface area contributed by atoms with Crippen LogP contribution in [0.4, 0.5) is 13.6 Å². The quantitative estimate of drug-likeness (QED) is 0.519. The number of alkyl halides is 2. The first-order chi connectivity index (χ1) is 7.13. The molecule has 0 aliphatic heterocycles. The minimum Gasteiger partial charge on any atom is -0.465 e. The lowest BCUT2D eigenvalue weighted by Crippen LogP contribution is -2.49. The normalized spacial score (nSPS) is 15.2. The molecule has 0 aliphatic rings. The summed E-state index contributed by atoms with van der Waals surface area (Å²) < 4.78 is 25.0. The first-order valence-corrected chi connectivity index (χ1v) is 4.48. The smallest absolute Gasteiger partial charge is 0.404 e. The summed E-state index contributed by atoms with van der Waals surface area (Å²) in [6.45, 7) is 0.654. The third-order valence-corrected chi connectivity index (χ3v) is 1.88. The molecule has 0 spiro atoms. The first kappa shape index (κ1) is 14.6. The second-order valence-electron chi connectivity index (χ2n) is 3.51. The number of nitrogens with two attached hydrogens (primary N) is 1. The number of carboxylic acid groups (broad SMARTS) is 1. The lowest BCUT2D eigenvalue weighted by Gasteiger charge is -2.21. The van der Waals surface area contributed by atoms with Gasteiger partial charge < -0.3 is 21.3 Å². The van der Waals surface area contributed by atoms with Crippen molar-refractivity contribution >= 4 is 12.0 Å². The van der Waals surface area contributed by atoms with Crippen molar-refractivity contribution in [1.29, 1.82) is 0 Å². The number of primary amides is 1. The van der Waals surface area contributed by atoms with Gasteiger partial charge in [0.15, 0.2) is 6.10 Å². The van der Waals surface area contributed by atoms with Gasteiger partial charge >= 0.3 is 6.09 Å². The van der Waals surface area contributed by atoms with E-state index in [4.69, 9.17) is 10.8 Å². The van der Waals surface area contributed by atoms with Crippen molar-refractivity contribution in [2.75, 3.05) is 0 Å². The topological polar surface area (TPSA) is 113 Å². The zero-order valence-electron chi connectivity index (χ0n) is 8.61. The number of carbonyl (C=O) groups excluding carboxylic acids is 1. The van der Waals surface area contributed by atoms with Crippen LogP contribution in [0.1, 0.15) is 19.8 Å². The summed E-state index contributed by atoms with van der Waals surface area (Å²) >= 11 is 0. The van der Waals surface area contributed by atoms with Crippen molar-refractivity contribution in [3.8, 4) is 0 Å². The SMILES string of the molecule is CC(F)(F)CCC(NC(=O)O)C(O)C(N)=O. The molecule has 16 heavy (non-hydrogen) atoms. The molecule has 0 radical (unpaired) electrons. The van der Waals surface area contributed by atoms with Crippen LogP contribution in [0.25, 0.3) is 0 Å². The van der Waals surface area contributed by atoms with Gasteiger partial charge in [0.25, 0.3) is 0 Å². The Balaban J connectivity index is 4.43. The fraction of sp³-hybridized carbons (Fsp3) is 0.750. The Labute approximate surface area is 90.4 Å². The predicted octanol–water partition coefficient (Wildman–Crippen LogP) is -0.0958. The maximum Gasteiger partial charge on any atom is 0.404 e. The molecule has 6 nitrogen and oxygen atoms in total. The van der Waals surface area contributed by atoms with Crippen molar-refractivity contribution < 1.29 is 28.6 Å². The van der Waals surface area contributed by atoms with Crippen LogP contribution >= 0.6 is 0 Å². The summed E-state index contributed by atoms with van der Waals surface area (Å²) in [4.78, 5) is 20.9. The zero-order chi connectivity index (χ0) is 12.9. The van der Waals surface area contributed by atoms with E-state index < -0.39 is 36.5 Å². The molecule has 0 fully saturated rings. The van der Waals surface area contributed by atoms with Gasteiger partial charge in [0.2, 0.25) is 11.8 Å². The summed E-state index contributed by atoms with van der Waals surface area (Å²) in [7, 11) is 0. The minimum absolute atomic E-state index is 0.389. The van der Waals surface area contributed by atoms with E-state index >= 15 is 0 Å². The van der Waals surface area contributed by atoms with Crippen LogP contribution in [0.15, 0.2) is 0 Å². The Morgan fingerprint density at radius 1 is 1.50 bits per heavy atom. The van der Waals surface area contributed by atoms with Crippen molar-refractivity contribution in [3.05, 3.63) is 0 Å². The van der Waals surface area contributed by atoms with Gasteiger partial charge in [0.1, 0.15) is 0 Å². The van der Waals surface area contributed by atoms with Gasteiger partial charge in [-0.3, -0.25) is 4.79 Å². The van der Waals surface area contributed by atoms with Crippen LogP contribution in [0.2, 0.25) is 0 Å². The lowest BCUT2D eigenvalue weighted by atomic mass is 10.0. The maximum atomic E-state index is 12.5. The molecule has 0 rings (SSSR count). The monoisotopic (exact) mass is 240 g/mol. The average molecular weight is 240 g/mol. The fourth-order valence-corrected chi connectivity index (χ4v) is 1.07. The molecule has 94 valence electrons. The molecule has 2 unspecified atom stereocenters. The van der Waals surface area contributed by atoms with E-state index in [1.54, 1.807) is 5.32 Å². The molecule has 2 atom stereocenters. The van der Waals surface area contributed by atoms with Crippen molar-refractivity contribution in [2.24, 2.45) is 5.73 Å². The number of nitrogens with one attached hydrogen (secondary N) is 1. The highest BCUT2D eigenvalue weighted by Gasteiger charge is 2.30. The van der Waals surface area contributed by atoms with Crippen LogP contribution in [0.3, 0.4) is 0 Å². The summed E-state index contributed by atoms with van der Waals surface area (Å²) in [6, 6.07) is -1.33. The minimum atomic E-state index is -3.00. The van der Waals surface area contributed by atoms with Gasteiger partial charge in [-0.05, 0) is 13.3 Å². The van der Waals surface area contributed by atoms with Gasteiger partial charge in [-0.2, -0.15) is 0 Å². The highest BCUT2D eigenvalue weighted by Crippen LogP contribution is 2.20. The van der Waals surface area contributed by atoms with Crippen LogP contribution < -0.4 is 11.1 Å². The molecular formula is C8H14F2N2O4. The Hall–Kier alpha value is -1.44. The standard InChI is InChI=1S/C8H14F2N2O4/c1-8(9,10)3-2-4(12-7(15)16)5(13)6(11)14/h4-5,12-13H,2-3H2,1H3,(H2,11,14)(H,15,16). The average Bonchev–Trinajstić information content (AvgIpc) is 2.08. The summed E-state index contributed by atoms with van der Waals surface area (Å²) in [5.74, 6) is -4.17. The molecule has 0 aromatic carbocycles. The van der Waals surface area contributed by atoms with E-state index in [-0.39, 0.29) is 6.42 Å². The predicted molar refractivity (Wildman–Crippen MR) is 50.0 cm³/mol. The van der Waals surface area contributed by atoms with Gasteiger partial charge in [0, 0.05) is 6.42 Å². The fourth-order valence-electron chi connectivity index (χ4n) is 1.07. The lowest BCUT2D eigenvalue weighted by molar-refractivity contribution is -0.127. The van der Waals surface area contributed by atoms with E-state index in [9.17, 15) is 23.5 Å². The van der Waals surface area contributed by atoms with Crippen LogP contribution in [-0.4, -0.2) is 40.3 Å². The van der Waals surface area contributed by atoms with E-state index in [2.05, 4.69) is 0 Å². The Bertz CT molecular complexity index is 267. The molecule has 0 aromatic rings. The van der Waals surface area contributed by atoms with Crippen LogP contribution in [-0.2, 0) is 4.79 Å². The van der Waals surface area contributed by atoms with Crippen LogP contribution in [0.5, 0.6) is 0 Å². The number of hydrogen-bond acceptors (Lipinski definition) is 3. The van der Waals surface area contributed by atoms with Crippen molar-refractivity contribution in [1.82, 2.24) is 5.32 Å². The summed E-state index contributed by atoms with van der Waals surface area (Å²) in [5.41, 5.74) is 4.74. The van der Waals surface area contributed by atoms with Crippen LogP contribution in [0, 0.1) is 0 Å². The number of carbonyl (C=O) groups is 2. The Morgan fingerprint density at radius 3 is 2.31 bits per heavy atom. The van der Waals surface area contributed by atoms with Gasteiger partial charge in [-0.15, -0.1) is 0 Å². The van der Waals surface area contributed by atoms with Crippen molar-refractivity contribution in [3.63, 3.8) is 0 Å². The molecule has 0 saturated heterocycles. The largest absolute Gasteiger partial charge is 0.465 e. The molecule has 2 amide bonds. The third kappa shape index (κ3) is 6.12. The molecular weight excluding hydrogens is 226 g/mol. The van der Waals surface area contributed by atoms with Gasteiger partial charge in [-0.25, -0.2) is 13.6 Å². The number of halogens is 2. The summed E-state index contributed by atoms with van der Waals surface area (Å²) in [5, 5.41) is 19.3. The highest BCUT2D eigenvalue weighted by molar-refractivity contribution is 5.80. The number of amides is 2. The summed E-state index contributed by atoms with van der Waals surface area (Å²) in [6.07, 6.45) is -4.40. The molecule has 0 bridgehead atoms. The second kappa shape index (κ2) is 5.59. The van der Waals surface area contributed by atoms with E-state index in [0.717, 1.165) is 0 Å². The number of aliphatic hydroxyl groups is 1. The third-order valence-electron chi connectivity index (χ3n) is 1.88. The van der Waals surface area contributed by atoms with E-state index in [0.29, 0.717) is 6.92 Å². The van der Waals surface area contributed by atoms with E-state index in [1.165, 1.54) is 0 Å². The second-order valence-corrected chi connectivity index (χ2v) is 3.51. The molecule has 0 aromatic heterocycles. The van der Waals surface area contributed by atoms with Gasteiger partial charge in [-0.1, -0.05) is 0 Å². The first-order valence-electron chi connectivity index (χ1n) is 4.48. The Kier molecular flexibility index (Phi) is 5.09. The molecule has 0 heterocycles. The van der Waals surface area contributed by atoms with Gasteiger partial charge in [0.05, 0.1) is 6.04 Å². The zero-order valence-corrected chi connectivity index (χ0v) is 8.61. The highest BCUT2D eigenvalue weighted by atomic mass is 19.3. The van der Waals surface area contributed by atoms with Crippen molar-refractivity contribution in [2.45, 2.75) is 37.8 Å². The molecule has 0 aliphatic carbocycles.